The van der Waals surface area contributed by atoms with Gasteiger partial charge in [0.25, 0.3) is 0 Å². The van der Waals surface area contributed by atoms with Gasteiger partial charge in [-0.15, -0.1) is 0 Å². The average Bonchev–Trinajstić information content (AvgIpc) is 2.86. The molecule has 0 spiro atoms. The highest BCUT2D eigenvalue weighted by molar-refractivity contribution is 7.89. The second-order valence-electron chi connectivity index (χ2n) is 9.23. The monoisotopic (exact) mass is 399 g/mol. The second kappa shape index (κ2) is 6.21. The summed E-state index contributed by atoms with van der Waals surface area (Å²) in [5.74, 6) is 1.82. The van der Waals surface area contributed by atoms with Crippen molar-refractivity contribution in [1.82, 2.24) is 0 Å². The fraction of sp³-hybridized carbons (Fsp3) is 0.455. The molecule has 0 fully saturated rings. The lowest BCUT2D eigenvalue weighted by atomic mass is 9.94. The van der Waals surface area contributed by atoms with Crippen molar-refractivity contribution in [3.8, 4) is 5.75 Å². The van der Waals surface area contributed by atoms with Crippen molar-refractivity contribution in [2.24, 2.45) is 0 Å². The van der Waals surface area contributed by atoms with Gasteiger partial charge in [-0.1, -0.05) is 32.9 Å². The highest BCUT2D eigenvalue weighted by atomic mass is 32.2. The van der Waals surface area contributed by atoms with Crippen LogP contribution in [0.4, 0.5) is 5.69 Å². The molecule has 4 rings (SSSR count). The standard InChI is InChI=1S/C22H29NO2SSi/c1-22(2,3)27(5,6)25-15-11-12-19-17(13-15)18-14-26(24)20-10-8-7-9-16(20)21(18)23(19)4/h7-8,10-13,18H,9,14H2,1-6H3. The van der Waals surface area contributed by atoms with Crippen LogP contribution in [0.15, 0.2) is 52.6 Å². The van der Waals surface area contributed by atoms with E-state index in [1.807, 2.05) is 12.2 Å². The summed E-state index contributed by atoms with van der Waals surface area (Å²) >= 11 is 0. The Morgan fingerprint density at radius 1 is 1.26 bits per heavy atom. The largest absolute Gasteiger partial charge is 0.543 e. The smallest absolute Gasteiger partial charge is 0.250 e. The van der Waals surface area contributed by atoms with Gasteiger partial charge in [-0.25, -0.2) is 0 Å². The number of benzene rings is 1. The minimum atomic E-state index is -1.88. The Labute approximate surface area is 166 Å². The molecule has 0 aromatic heterocycles. The van der Waals surface area contributed by atoms with Crippen molar-refractivity contribution in [3.63, 3.8) is 0 Å². The van der Waals surface area contributed by atoms with Crippen molar-refractivity contribution < 1.29 is 8.63 Å². The summed E-state index contributed by atoms with van der Waals surface area (Å²) in [6.45, 7) is 11.3. The number of anilines is 1. The first-order valence-corrected chi connectivity index (χ1v) is 13.9. The molecule has 2 unspecified atom stereocenters. The molecule has 2 heterocycles. The lowest BCUT2D eigenvalue weighted by Crippen LogP contribution is -2.43. The summed E-state index contributed by atoms with van der Waals surface area (Å²) < 4.78 is 19.4. The van der Waals surface area contributed by atoms with E-state index in [9.17, 15) is 4.21 Å². The lowest BCUT2D eigenvalue weighted by Gasteiger charge is -2.36. The normalized spacial score (nSPS) is 24.4. The van der Waals surface area contributed by atoms with Gasteiger partial charge in [-0.2, -0.15) is 0 Å². The van der Waals surface area contributed by atoms with Gasteiger partial charge in [0.2, 0.25) is 8.32 Å². The molecular formula is C22H29NO2SSi. The predicted molar refractivity (Wildman–Crippen MR) is 117 cm³/mol. The molecule has 2 aliphatic heterocycles. The summed E-state index contributed by atoms with van der Waals surface area (Å²) in [5.41, 5.74) is 5.05. The maximum absolute atomic E-state index is 12.9. The highest BCUT2D eigenvalue weighted by Gasteiger charge is 2.42. The summed E-state index contributed by atoms with van der Waals surface area (Å²) in [4.78, 5) is 3.32. The SMILES string of the molecule is CN1C2=C3CC=CC=C3S(=O)CC2c2cc(O[Si](C)(C)C(C)(C)C)ccc21. The van der Waals surface area contributed by atoms with Crippen LogP contribution in [0.3, 0.4) is 0 Å². The third kappa shape index (κ3) is 2.95. The second-order valence-corrected chi connectivity index (χ2v) is 15.4. The molecule has 5 heteroatoms. The van der Waals surface area contributed by atoms with Gasteiger partial charge in [0.1, 0.15) is 5.75 Å². The zero-order chi connectivity index (χ0) is 19.6. The summed E-state index contributed by atoms with van der Waals surface area (Å²) in [5, 5.41) is 0.163. The molecule has 3 aliphatic rings. The fourth-order valence-electron chi connectivity index (χ4n) is 3.95. The molecule has 144 valence electrons. The number of rotatable bonds is 2. The molecule has 27 heavy (non-hydrogen) atoms. The zero-order valence-electron chi connectivity index (χ0n) is 17.1. The summed E-state index contributed by atoms with van der Waals surface area (Å²) in [7, 11) is -0.682. The zero-order valence-corrected chi connectivity index (χ0v) is 18.9. The Hall–Kier alpha value is -1.59. The topological polar surface area (TPSA) is 29.5 Å². The first-order valence-electron chi connectivity index (χ1n) is 9.65. The van der Waals surface area contributed by atoms with Gasteiger partial charge in [0.05, 0.1) is 10.8 Å². The van der Waals surface area contributed by atoms with E-state index in [1.54, 1.807) is 0 Å². The van der Waals surface area contributed by atoms with Crippen LogP contribution in [0.5, 0.6) is 5.75 Å². The Bertz CT molecular complexity index is 921. The van der Waals surface area contributed by atoms with E-state index >= 15 is 0 Å². The highest BCUT2D eigenvalue weighted by Crippen LogP contribution is 2.51. The molecule has 3 nitrogen and oxygen atoms in total. The van der Waals surface area contributed by atoms with Crippen LogP contribution in [0.2, 0.25) is 18.1 Å². The third-order valence-electron chi connectivity index (χ3n) is 6.48. The molecule has 1 aromatic carbocycles. The van der Waals surface area contributed by atoms with Crippen molar-refractivity contribution in [2.45, 2.75) is 51.2 Å². The number of allylic oxidation sites excluding steroid dienone is 5. The van der Waals surface area contributed by atoms with Crippen molar-refractivity contribution in [1.29, 1.82) is 0 Å². The summed E-state index contributed by atoms with van der Waals surface area (Å²) in [6, 6.07) is 6.48. The van der Waals surface area contributed by atoms with Gasteiger partial charge in [0, 0.05) is 35.0 Å². The van der Waals surface area contributed by atoms with Crippen LogP contribution in [0.1, 0.15) is 38.7 Å². The van der Waals surface area contributed by atoms with Gasteiger partial charge in [0.15, 0.2) is 0 Å². The van der Waals surface area contributed by atoms with Crippen molar-refractivity contribution >= 4 is 24.8 Å². The Morgan fingerprint density at radius 3 is 2.70 bits per heavy atom. The van der Waals surface area contributed by atoms with Crippen molar-refractivity contribution in [3.05, 3.63) is 58.2 Å². The molecule has 0 saturated heterocycles. The molecular weight excluding hydrogens is 370 g/mol. The van der Waals surface area contributed by atoms with E-state index in [4.69, 9.17) is 4.43 Å². The number of fused-ring (bicyclic) bond motifs is 4. The number of hydrogen-bond donors (Lipinski definition) is 0. The molecule has 1 aliphatic carbocycles. The van der Waals surface area contributed by atoms with Crippen molar-refractivity contribution in [2.75, 3.05) is 17.7 Å². The number of likely N-dealkylation sites (N-methyl/N-ethyl adjacent to an activating group) is 1. The first kappa shape index (κ1) is 18.8. The maximum atomic E-state index is 12.9. The van der Waals surface area contributed by atoms with Crippen LogP contribution in [0.25, 0.3) is 0 Å². The van der Waals surface area contributed by atoms with Gasteiger partial charge in [-0.05, 0) is 60.0 Å². The van der Waals surface area contributed by atoms with Gasteiger partial charge in [-0.3, -0.25) is 4.21 Å². The maximum Gasteiger partial charge on any atom is 0.250 e. The molecule has 0 bridgehead atoms. The molecule has 0 radical (unpaired) electrons. The van der Waals surface area contributed by atoms with Crippen LogP contribution in [0, 0.1) is 0 Å². The van der Waals surface area contributed by atoms with E-state index in [0.29, 0.717) is 5.75 Å². The van der Waals surface area contributed by atoms with Crippen LogP contribution >= 0.6 is 0 Å². The lowest BCUT2D eigenvalue weighted by molar-refractivity contribution is 0.491. The first-order chi connectivity index (χ1) is 12.6. The molecule has 1 aromatic rings. The quantitative estimate of drug-likeness (QED) is 0.618. The molecule has 0 N–H and O–H groups in total. The Kier molecular flexibility index (Phi) is 4.31. The van der Waals surface area contributed by atoms with E-state index < -0.39 is 19.1 Å². The van der Waals surface area contributed by atoms with Gasteiger partial charge < -0.3 is 9.33 Å². The fourth-order valence-corrected chi connectivity index (χ4v) is 6.48. The van der Waals surface area contributed by atoms with E-state index in [-0.39, 0.29) is 11.0 Å². The van der Waals surface area contributed by atoms with Gasteiger partial charge >= 0.3 is 0 Å². The Balaban J connectivity index is 1.76. The number of nitrogens with zero attached hydrogens (tertiary/aromatic N) is 1. The molecule has 0 saturated carbocycles. The third-order valence-corrected chi connectivity index (χ3v) is 12.3. The van der Waals surface area contributed by atoms with Crippen LogP contribution < -0.4 is 9.33 Å². The van der Waals surface area contributed by atoms with Crippen LogP contribution in [-0.2, 0) is 10.8 Å². The van der Waals surface area contributed by atoms with Crippen LogP contribution in [-0.4, -0.2) is 25.3 Å². The molecule has 0 amide bonds. The number of hydrogen-bond acceptors (Lipinski definition) is 3. The minimum absolute atomic E-state index is 0.163. The minimum Gasteiger partial charge on any atom is -0.543 e. The molecule has 2 atom stereocenters. The van der Waals surface area contributed by atoms with E-state index in [2.05, 4.69) is 70.1 Å². The average molecular weight is 400 g/mol. The van der Waals surface area contributed by atoms with E-state index in [1.165, 1.54) is 22.5 Å². The Morgan fingerprint density at radius 2 is 2.00 bits per heavy atom. The van der Waals surface area contributed by atoms with E-state index in [0.717, 1.165) is 17.1 Å². The summed E-state index contributed by atoms with van der Waals surface area (Å²) in [6.07, 6.45) is 7.09. The predicted octanol–water partition coefficient (Wildman–Crippen LogP) is 5.46.